The van der Waals surface area contributed by atoms with Gasteiger partial charge in [-0.1, -0.05) is 30.3 Å². The largest absolute Gasteiger partial charge is 0.449 e. The predicted molar refractivity (Wildman–Crippen MR) is 84.6 cm³/mol. The van der Waals surface area contributed by atoms with Crippen LogP contribution >= 0.6 is 0 Å². The minimum absolute atomic E-state index is 0.173. The molecule has 2 heterocycles. The fraction of sp³-hybridized carbons (Fsp3) is 0.444. The van der Waals surface area contributed by atoms with Gasteiger partial charge in [0.05, 0.1) is 6.04 Å². The molecule has 5 nitrogen and oxygen atoms in total. The Bertz CT molecular complexity index is 640. The highest BCUT2D eigenvalue weighted by Crippen LogP contribution is 2.38. The van der Waals surface area contributed by atoms with E-state index in [1.165, 1.54) is 6.08 Å². The lowest BCUT2D eigenvalue weighted by molar-refractivity contribution is -0.148. The van der Waals surface area contributed by atoms with Crippen molar-refractivity contribution in [2.24, 2.45) is 0 Å². The van der Waals surface area contributed by atoms with Crippen LogP contribution in [0, 0.1) is 0 Å². The van der Waals surface area contributed by atoms with E-state index in [4.69, 9.17) is 9.47 Å². The number of rotatable bonds is 3. The van der Waals surface area contributed by atoms with Crippen LogP contribution in [0.5, 0.6) is 0 Å². The topological polar surface area (TPSA) is 55.8 Å². The maximum atomic E-state index is 12.5. The summed E-state index contributed by atoms with van der Waals surface area (Å²) in [5.74, 6) is -0.338. The first-order valence-electron chi connectivity index (χ1n) is 7.90. The lowest BCUT2D eigenvalue weighted by atomic mass is 9.88. The first-order valence-corrected chi connectivity index (χ1v) is 7.90. The Morgan fingerprint density at radius 3 is 2.78 bits per heavy atom. The van der Waals surface area contributed by atoms with E-state index in [-0.39, 0.29) is 24.7 Å². The summed E-state index contributed by atoms with van der Waals surface area (Å²) in [5, 5.41) is 0. The van der Waals surface area contributed by atoms with E-state index in [0.717, 1.165) is 24.0 Å². The molecule has 0 aromatic heterocycles. The van der Waals surface area contributed by atoms with Crippen molar-refractivity contribution in [1.82, 2.24) is 4.90 Å². The van der Waals surface area contributed by atoms with Crippen LogP contribution in [0.2, 0.25) is 0 Å². The average Bonchev–Trinajstić information content (AvgIpc) is 3.12. The molecule has 0 saturated carbocycles. The maximum Gasteiger partial charge on any atom is 0.410 e. The Kier molecular flexibility index (Phi) is 4.11. The van der Waals surface area contributed by atoms with Crippen LogP contribution in [0.25, 0.3) is 0 Å². The molecule has 2 aliphatic heterocycles. The quantitative estimate of drug-likeness (QED) is 0.805. The molecule has 1 aromatic rings. The molecule has 1 fully saturated rings. The summed E-state index contributed by atoms with van der Waals surface area (Å²) in [6.45, 7) is 4.61. The number of esters is 1. The molecule has 0 N–H and O–H groups in total. The van der Waals surface area contributed by atoms with Gasteiger partial charge in [0.1, 0.15) is 6.61 Å². The van der Waals surface area contributed by atoms with Gasteiger partial charge in [0, 0.05) is 12.6 Å². The third kappa shape index (κ3) is 2.96. The number of hydrogen-bond acceptors (Lipinski definition) is 4. The van der Waals surface area contributed by atoms with Gasteiger partial charge in [0.2, 0.25) is 0 Å². The molecule has 0 spiro atoms. The van der Waals surface area contributed by atoms with Crippen molar-refractivity contribution in [3.05, 3.63) is 47.5 Å². The highest BCUT2D eigenvalue weighted by molar-refractivity contribution is 5.87. The minimum Gasteiger partial charge on any atom is -0.449 e. The zero-order valence-corrected chi connectivity index (χ0v) is 13.5. The summed E-state index contributed by atoms with van der Waals surface area (Å²) in [7, 11) is 0. The van der Waals surface area contributed by atoms with E-state index < -0.39 is 5.60 Å². The second kappa shape index (κ2) is 6.07. The first-order chi connectivity index (χ1) is 11.0. The summed E-state index contributed by atoms with van der Waals surface area (Å²) >= 11 is 0. The number of ether oxygens (including phenoxy) is 2. The van der Waals surface area contributed by atoms with Gasteiger partial charge in [-0.3, -0.25) is 0 Å². The van der Waals surface area contributed by atoms with Crippen LogP contribution in [0.1, 0.15) is 32.3 Å². The minimum atomic E-state index is -0.751. The van der Waals surface area contributed by atoms with Crippen molar-refractivity contribution in [2.45, 2.75) is 44.9 Å². The van der Waals surface area contributed by atoms with Gasteiger partial charge >= 0.3 is 12.1 Å². The molecule has 122 valence electrons. The van der Waals surface area contributed by atoms with Crippen molar-refractivity contribution < 1.29 is 19.1 Å². The normalized spacial score (nSPS) is 26.9. The molecule has 1 aromatic carbocycles. The standard InChI is InChI=1S/C18H21NO4/c1-13-11-16(20)23-18(13,2)15-9-6-10-19(15)17(21)22-12-14-7-4-3-5-8-14/h3-5,7-8,11,15H,6,9-10,12H2,1-2H3/t15-,18-/m1/s1. The van der Waals surface area contributed by atoms with E-state index >= 15 is 0 Å². The molecule has 1 saturated heterocycles. The number of carbonyl (C=O) groups excluding carboxylic acids is 2. The molecule has 2 atom stereocenters. The third-order valence-corrected chi connectivity index (χ3v) is 4.76. The van der Waals surface area contributed by atoms with Crippen molar-refractivity contribution in [1.29, 1.82) is 0 Å². The van der Waals surface area contributed by atoms with E-state index in [0.29, 0.717) is 6.54 Å². The molecule has 2 aliphatic rings. The van der Waals surface area contributed by atoms with Gasteiger partial charge in [-0.2, -0.15) is 0 Å². The van der Waals surface area contributed by atoms with Crippen LogP contribution in [-0.4, -0.2) is 35.2 Å². The summed E-state index contributed by atoms with van der Waals surface area (Å²) in [6.07, 6.45) is 2.83. The van der Waals surface area contributed by atoms with Crippen LogP contribution in [0.3, 0.4) is 0 Å². The Hall–Kier alpha value is -2.30. The van der Waals surface area contributed by atoms with Gasteiger partial charge in [0.25, 0.3) is 0 Å². The molecule has 0 bridgehead atoms. The monoisotopic (exact) mass is 315 g/mol. The smallest absolute Gasteiger partial charge is 0.410 e. The molecule has 23 heavy (non-hydrogen) atoms. The van der Waals surface area contributed by atoms with Crippen molar-refractivity contribution >= 4 is 12.1 Å². The average molecular weight is 315 g/mol. The SMILES string of the molecule is CC1=CC(=O)O[C@@]1(C)[C@H]1CCCN1C(=O)OCc1ccccc1. The number of hydrogen-bond donors (Lipinski definition) is 0. The molecule has 0 radical (unpaired) electrons. The number of nitrogens with zero attached hydrogens (tertiary/aromatic N) is 1. The molecule has 0 aliphatic carbocycles. The molecular weight excluding hydrogens is 294 g/mol. The summed E-state index contributed by atoms with van der Waals surface area (Å²) < 4.78 is 10.9. The Balaban J connectivity index is 1.68. The zero-order chi connectivity index (χ0) is 16.4. The number of likely N-dealkylation sites (tertiary alicyclic amines) is 1. The van der Waals surface area contributed by atoms with Crippen LogP contribution < -0.4 is 0 Å². The fourth-order valence-electron chi connectivity index (χ4n) is 3.33. The van der Waals surface area contributed by atoms with E-state index in [1.807, 2.05) is 44.2 Å². The molecule has 1 amide bonds. The second-order valence-corrected chi connectivity index (χ2v) is 6.25. The van der Waals surface area contributed by atoms with Gasteiger partial charge in [0.15, 0.2) is 5.60 Å². The zero-order valence-electron chi connectivity index (χ0n) is 13.5. The first kappa shape index (κ1) is 15.6. The Morgan fingerprint density at radius 2 is 2.13 bits per heavy atom. The number of carbonyl (C=O) groups is 2. The number of amides is 1. The highest BCUT2D eigenvalue weighted by Gasteiger charge is 2.49. The Labute approximate surface area is 135 Å². The van der Waals surface area contributed by atoms with Crippen LogP contribution in [0.15, 0.2) is 42.0 Å². The predicted octanol–water partition coefficient (Wildman–Crippen LogP) is 3.05. The molecular formula is C18H21NO4. The highest BCUT2D eigenvalue weighted by atomic mass is 16.6. The number of benzene rings is 1. The van der Waals surface area contributed by atoms with E-state index in [1.54, 1.807) is 4.90 Å². The van der Waals surface area contributed by atoms with Gasteiger partial charge in [-0.05, 0) is 37.8 Å². The molecule has 3 rings (SSSR count). The van der Waals surface area contributed by atoms with Gasteiger partial charge < -0.3 is 14.4 Å². The summed E-state index contributed by atoms with van der Waals surface area (Å²) in [6, 6.07) is 9.41. The van der Waals surface area contributed by atoms with Gasteiger partial charge in [-0.15, -0.1) is 0 Å². The van der Waals surface area contributed by atoms with Crippen LogP contribution in [-0.2, 0) is 20.9 Å². The van der Waals surface area contributed by atoms with Crippen molar-refractivity contribution in [3.63, 3.8) is 0 Å². The number of cyclic esters (lactones) is 1. The lowest BCUT2D eigenvalue weighted by Gasteiger charge is -2.37. The van der Waals surface area contributed by atoms with E-state index in [2.05, 4.69) is 0 Å². The Morgan fingerprint density at radius 1 is 1.39 bits per heavy atom. The third-order valence-electron chi connectivity index (χ3n) is 4.76. The van der Waals surface area contributed by atoms with E-state index in [9.17, 15) is 9.59 Å². The molecule has 5 heteroatoms. The lowest BCUT2D eigenvalue weighted by Crippen LogP contribution is -2.51. The van der Waals surface area contributed by atoms with Crippen molar-refractivity contribution in [3.8, 4) is 0 Å². The summed E-state index contributed by atoms with van der Waals surface area (Å²) in [4.78, 5) is 25.7. The maximum absolute atomic E-state index is 12.5. The van der Waals surface area contributed by atoms with Crippen molar-refractivity contribution in [2.75, 3.05) is 6.54 Å². The molecule has 0 unspecified atom stereocenters. The fourth-order valence-corrected chi connectivity index (χ4v) is 3.33. The second-order valence-electron chi connectivity index (χ2n) is 6.25. The summed E-state index contributed by atoms with van der Waals surface area (Å²) in [5.41, 5.74) is 1.06. The van der Waals surface area contributed by atoms with Gasteiger partial charge in [-0.25, -0.2) is 9.59 Å². The van der Waals surface area contributed by atoms with Crippen LogP contribution in [0.4, 0.5) is 4.79 Å².